The van der Waals surface area contributed by atoms with Gasteiger partial charge in [-0.25, -0.2) is 0 Å². The Morgan fingerprint density at radius 3 is 2.60 bits per heavy atom. The predicted octanol–water partition coefficient (Wildman–Crippen LogP) is 0.136. The standard InChI is InChI=1S/C11H23NO3/c1-11(8-13,9-14)7-12-6-10-4-2-3-5-15-10/h10,12-14H,2-9H2,1H3. The highest BCUT2D eigenvalue weighted by Gasteiger charge is 2.22. The van der Waals surface area contributed by atoms with Gasteiger partial charge in [-0.05, 0) is 19.3 Å². The van der Waals surface area contributed by atoms with E-state index in [9.17, 15) is 0 Å². The summed E-state index contributed by atoms with van der Waals surface area (Å²) in [6.07, 6.45) is 3.83. The van der Waals surface area contributed by atoms with Crippen molar-refractivity contribution in [2.45, 2.75) is 32.3 Å². The summed E-state index contributed by atoms with van der Waals surface area (Å²) in [4.78, 5) is 0. The molecule has 4 nitrogen and oxygen atoms in total. The van der Waals surface area contributed by atoms with Gasteiger partial charge in [0.15, 0.2) is 0 Å². The molecular weight excluding hydrogens is 194 g/mol. The molecule has 0 bridgehead atoms. The quantitative estimate of drug-likeness (QED) is 0.592. The van der Waals surface area contributed by atoms with Gasteiger partial charge in [0.1, 0.15) is 0 Å². The molecule has 0 aliphatic carbocycles. The summed E-state index contributed by atoms with van der Waals surface area (Å²) in [5.74, 6) is 0. The summed E-state index contributed by atoms with van der Waals surface area (Å²) in [6.45, 7) is 4.17. The van der Waals surface area contributed by atoms with Crippen LogP contribution in [0.25, 0.3) is 0 Å². The highest BCUT2D eigenvalue weighted by atomic mass is 16.5. The minimum atomic E-state index is -0.422. The van der Waals surface area contributed by atoms with Gasteiger partial charge in [-0.3, -0.25) is 0 Å². The molecule has 4 heteroatoms. The van der Waals surface area contributed by atoms with Gasteiger partial charge in [-0.2, -0.15) is 0 Å². The molecule has 1 unspecified atom stereocenters. The van der Waals surface area contributed by atoms with E-state index in [4.69, 9.17) is 14.9 Å². The van der Waals surface area contributed by atoms with Crippen LogP contribution in [0.4, 0.5) is 0 Å². The van der Waals surface area contributed by atoms with Crippen LogP contribution in [0.2, 0.25) is 0 Å². The maximum Gasteiger partial charge on any atom is 0.0699 e. The minimum absolute atomic E-state index is 0.00201. The molecule has 15 heavy (non-hydrogen) atoms. The summed E-state index contributed by atoms with van der Waals surface area (Å²) in [5, 5.41) is 21.4. The Kier molecular flexibility index (Phi) is 5.53. The van der Waals surface area contributed by atoms with Gasteiger partial charge in [0.2, 0.25) is 0 Å². The summed E-state index contributed by atoms with van der Waals surface area (Å²) >= 11 is 0. The third-order valence-electron chi connectivity index (χ3n) is 2.96. The SMILES string of the molecule is CC(CO)(CO)CNCC1CCCCO1. The summed E-state index contributed by atoms with van der Waals surface area (Å²) in [5.41, 5.74) is -0.422. The van der Waals surface area contributed by atoms with Gasteiger partial charge in [-0.1, -0.05) is 6.92 Å². The van der Waals surface area contributed by atoms with E-state index in [0.717, 1.165) is 19.6 Å². The zero-order valence-corrected chi connectivity index (χ0v) is 9.54. The molecule has 0 aromatic heterocycles. The molecule has 1 saturated heterocycles. The normalized spacial score (nSPS) is 23.0. The lowest BCUT2D eigenvalue weighted by atomic mass is 9.93. The van der Waals surface area contributed by atoms with Crippen molar-refractivity contribution in [3.05, 3.63) is 0 Å². The van der Waals surface area contributed by atoms with E-state index in [0.29, 0.717) is 12.6 Å². The van der Waals surface area contributed by atoms with Crippen molar-refractivity contribution in [3.63, 3.8) is 0 Å². The Hall–Kier alpha value is -0.160. The van der Waals surface area contributed by atoms with Gasteiger partial charge < -0.3 is 20.3 Å². The van der Waals surface area contributed by atoms with E-state index in [1.165, 1.54) is 12.8 Å². The van der Waals surface area contributed by atoms with E-state index in [1.54, 1.807) is 0 Å². The highest BCUT2D eigenvalue weighted by Crippen LogP contribution is 2.14. The van der Waals surface area contributed by atoms with Crippen molar-refractivity contribution in [2.75, 3.05) is 32.9 Å². The minimum Gasteiger partial charge on any atom is -0.396 e. The Morgan fingerprint density at radius 2 is 2.07 bits per heavy atom. The van der Waals surface area contributed by atoms with E-state index in [-0.39, 0.29) is 13.2 Å². The number of ether oxygens (including phenoxy) is 1. The molecule has 0 aromatic carbocycles. The summed E-state index contributed by atoms with van der Waals surface area (Å²) in [6, 6.07) is 0. The molecule has 90 valence electrons. The number of aliphatic hydroxyl groups excluding tert-OH is 2. The predicted molar refractivity (Wildman–Crippen MR) is 58.7 cm³/mol. The van der Waals surface area contributed by atoms with Crippen molar-refractivity contribution in [2.24, 2.45) is 5.41 Å². The third kappa shape index (κ3) is 4.47. The Bertz CT molecular complexity index is 165. The van der Waals surface area contributed by atoms with Crippen LogP contribution in [-0.2, 0) is 4.74 Å². The second kappa shape index (κ2) is 6.43. The van der Waals surface area contributed by atoms with Crippen molar-refractivity contribution in [3.8, 4) is 0 Å². The van der Waals surface area contributed by atoms with E-state index in [2.05, 4.69) is 5.32 Å². The van der Waals surface area contributed by atoms with Crippen LogP contribution in [0, 0.1) is 5.41 Å². The number of nitrogens with one attached hydrogen (secondary N) is 1. The maximum absolute atomic E-state index is 9.09. The number of hydrogen-bond acceptors (Lipinski definition) is 4. The van der Waals surface area contributed by atoms with Gasteiger partial charge in [0.05, 0.1) is 19.3 Å². The largest absolute Gasteiger partial charge is 0.396 e. The van der Waals surface area contributed by atoms with Crippen molar-refractivity contribution in [1.82, 2.24) is 5.32 Å². The zero-order chi connectivity index (χ0) is 11.1. The van der Waals surface area contributed by atoms with E-state index >= 15 is 0 Å². The molecule has 1 heterocycles. The molecule has 1 aliphatic rings. The second-order valence-corrected chi connectivity index (χ2v) is 4.75. The van der Waals surface area contributed by atoms with Crippen LogP contribution in [-0.4, -0.2) is 49.2 Å². The molecule has 0 aromatic rings. The molecule has 0 spiro atoms. The first-order valence-electron chi connectivity index (χ1n) is 5.74. The highest BCUT2D eigenvalue weighted by molar-refractivity contribution is 4.76. The molecule has 0 radical (unpaired) electrons. The molecule has 1 atom stereocenters. The lowest BCUT2D eigenvalue weighted by Crippen LogP contribution is -2.41. The van der Waals surface area contributed by atoms with Gasteiger partial charge in [0.25, 0.3) is 0 Å². The van der Waals surface area contributed by atoms with Crippen LogP contribution in [0.5, 0.6) is 0 Å². The fraction of sp³-hybridized carbons (Fsp3) is 1.00. The molecule has 3 N–H and O–H groups in total. The van der Waals surface area contributed by atoms with Crippen LogP contribution >= 0.6 is 0 Å². The van der Waals surface area contributed by atoms with Crippen LogP contribution in [0.15, 0.2) is 0 Å². The van der Waals surface area contributed by atoms with Gasteiger partial charge in [-0.15, -0.1) is 0 Å². The van der Waals surface area contributed by atoms with Crippen LogP contribution in [0.3, 0.4) is 0 Å². The first-order chi connectivity index (χ1) is 7.20. The number of hydrogen-bond donors (Lipinski definition) is 3. The first kappa shape index (κ1) is 12.9. The van der Waals surface area contributed by atoms with Crippen LogP contribution in [0.1, 0.15) is 26.2 Å². The lowest BCUT2D eigenvalue weighted by Gasteiger charge is -2.28. The summed E-state index contributed by atoms with van der Waals surface area (Å²) < 4.78 is 5.57. The fourth-order valence-corrected chi connectivity index (χ4v) is 1.67. The van der Waals surface area contributed by atoms with Crippen molar-refractivity contribution < 1.29 is 14.9 Å². The second-order valence-electron chi connectivity index (χ2n) is 4.75. The Labute approximate surface area is 91.6 Å². The lowest BCUT2D eigenvalue weighted by molar-refractivity contribution is 0.0115. The van der Waals surface area contributed by atoms with Gasteiger partial charge >= 0.3 is 0 Å². The molecule has 1 fully saturated rings. The first-order valence-corrected chi connectivity index (χ1v) is 5.74. The monoisotopic (exact) mass is 217 g/mol. The maximum atomic E-state index is 9.09. The topological polar surface area (TPSA) is 61.7 Å². The molecule has 1 rings (SSSR count). The van der Waals surface area contributed by atoms with Crippen molar-refractivity contribution >= 4 is 0 Å². The number of aliphatic hydroxyl groups is 2. The molecule has 0 amide bonds. The Morgan fingerprint density at radius 1 is 1.33 bits per heavy atom. The Balaban J connectivity index is 2.14. The number of rotatable bonds is 6. The zero-order valence-electron chi connectivity index (χ0n) is 9.54. The van der Waals surface area contributed by atoms with E-state index < -0.39 is 5.41 Å². The molecular formula is C11H23NO3. The smallest absolute Gasteiger partial charge is 0.0699 e. The van der Waals surface area contributed by atoms with Gasteiger partial charge in [0, 0.05) is 25.1 Å². The summed E-state index contributed by atoms with van der Waals surface area (Å²) in [7, 11) is 0. The van der Waals surface area contributed by atoms with Crippen molar-refractivity contribution in [1.29, 1.82) is 0 Å². The molecule has 0 saturated carbocycles. The molecule has 1 aliphatic heterocycles. The fourth-order valence-electron chi connectivity index (χ4n) is 1.67. The third-order valence-corrected chi connectivity index (χ3v) is 2.96. The van der Waals surface area contributed by atoms with E-state index in [1.807, 2.05) is 6.92 Å². The average molecular weight is 217 g/mol. The van der Waals surface area contributed by atoms with Crippen LogP contribution < -0.4 is 5.32 Å². The average Bonchev–Trinajstić information content (AvgIpc) is 2.30.